The average molecular weight is 506 g/mol. The zero-order valence-corrected chi connectivity index (χ0v) is 22.1. The van der Waals surface area contributed by atoms with Crippen LogP contribution in [0.25, 0.3) is 5.69 Å². The Labute approximate surface area is 223 Å². The van der Waals surface area contributed by atoms with E-state index in [1.165, 1.54) is 10.2 Å². The largest absolute Gasteiger partial charge is 0.492 e. The second-order valence-electron chi connectivity index (χ2n) is 10.0. The van der Waals surface area contributed by atoms with Gasteiger partial charge in [0.15, 0.2) is 5.69 Å². The molecular formula is C30H31N7O. The predicted octanol–water partition coefficient (Wildman–Crippen LogP) is 8.92. The van der Waals surface area contributed by atoms with E-state index in [1.807, 2.05) is 32.9 Å². The molecule has 0 spiro atoms. The molecule has 8 heteroatoms. The summed E-state index contributed by atoms with van der Waals surface area (Å²) >= 11 is 0. The van der Waals surface area contributed by atoms with E-state index in [9.17, 15) is 5.11 Å². The summed E-state index contributed by atoms with van der Waals surface area (Å²) in [4.78, 5) is 0. The number of aromatic nitrogens is 2. The van der Waals surface area contributed by atoms with Crippen LogP contribution in [0.3, 0.4) is 0 Å². The Bertz CT molecular complexity index is 1470. The molecule has 0 aliphatic carbocycles. The Morgan fingerprint density at radius 1 is 0.816 bits per heavy atom. The quantitative estimate of drug-likeness (QED) is 0.241. The highest BCUT2D eigenvalue weighted by Crippen LogP contribution is 2.40. The molecule has 8 nitrogen and oxygen atoms in total. The van der Waals surface area contributed by atoms with Gasteiger partial charge in [-0.15, -0.1) is 5.11 Å². The van der Waals surface area contributed by atoms with Gasteiger partial charge in [-0.25, -0.2) is 0 Å². The number of azo groups is 2. The first kappa shape index (κ1) is 26.4. The van der Waals surface area contributed by atoms with Crippen molar-refractivity contribution in [2.75, 3.05) is 0 Å². The van der Waals surface area contributed by atoms with Crippen molar-refractivity contribution < 1.29 is 5.11 Å². The molecule has 0 unspecified atom stereocenters. The molecule has 0 fully saturated rings. The molecule has 1 heterocycles. The van der Waals surface area contributed by atoms with E-state index in [4.69, 9.17) is 10.4 Å². The van der Waals surface area contributed by atoms with Crippen LogP contribution < -0.4 is 0 Å². The lowest BCUT2D eigenvalue weighted by molar-refractivity contribution is 0.434. The van der Waals surface area contributed by atoms with E-state index in [0.29, 0.717) is 34.0 Å². The first-order chi connectivity index (χ1) is 18.3. The maximum absolute atomic E-state index is 11.1. The molecule has 38 heavy (non-hydrogen) atoms. The fourth-order valence-electron chi connectivity index (χ4n) is 3.77. The van der Waals surface area contributed by atoms with Crippen LogP contribution >= 0.6 is 0 Å². The summed E-state index contributed by atoms with van der Waals surface area (Å²) < 4.78 is 1.52. The van der Waals surface area contributed by atoms with Gasteiger partial charge in [-0.2, -0.15) is 30.4 Å². The molecule has 0 aliphatic rings. The lowest BCUT2D eigenvalue weighted by Crippen LogP contribution is -2.13. The predicted molar refractivity (Wildman–Crippen MR) is 148 cm³/mol. The van der Waals surface area contributed by atoms with Gasteiger partial charge in [0.05, 0.1) is 40.1 Å². The third kappa shape index (κ3) is 6.37. The molecule has 1 aromatic heterocycles. The topological polar surface area (TPSA) is 111 Å². The summed E-state index contributed by atoms with van der Waals surface area (Å²) in [7, 11) is 0. The van der Waals surface area contributed by atoms with Gasteiger partial charge in [-0.3, -0.25) is 0 Å². The summed E-state index contributed by atoms with van der Waals surface area (Å²) in [5.74, 6) is -0.0483. The van der Waals surface area contributed by atoms with Crippen LogP contribution in [0.4, 0.5) is 22.7 Å². The number of aromatic hydroxyl groups is 1. The lowest BCUT2D eigenvalue weighted by atomic mass is 9.91. The van der Waals surface area contributed by atoms with E-state index in [2.05, 4.69) is 45.6 Å². The van der Waals surface area contributed by atoms with E-state index in [-0.39, 0.29) is 11.3 Å². The summed E-state index contributed by atoms with van der Waals surface area (Å²) in [6, 6.07) is 24.2. The van der Waals surface area contributed by atoms with Gasteiger partial charge in [0.1, 0.15) is 0 Å². The van der Waals surface area contributed by atoms with Crippen molar-refractivity contribution in [2.45, 2.75) is 52.4 Å². The van der Waals surface area contributed by atoms with E-state index >= 15 is 0 Å². The van der Waals surface area contributed by atoms with Gasteiger partial charge in [-0.05, 0) is 79.1 Å². The van der Waals surface area contributed by atoms with Crippen LogP contribution in [0.5, 0.6) is 5.88 Å². The SMILES string of the molecule is CCCCc1ccc(-n2nc(C(C)(C)C)c(N=Nc3ccc(N=Nc4ccc(C#N)cc4)cc3)c2O)cc1. The van der Waals surface area contributed by atoms with Gasteiger partial charge in [0.25, 0.3) is 0 Å². The van der Waals surface area contributed by atoms with Gasteiger partial charge >= 0.3 is 0 Å². The van der Waals surface area contributed by atoms with Crippen molar-refractivity contribution in [3.8, 4) is 17.6 Å². The number of unbranched alkanes of at least 4 members (excludes halogenated alkanes) is 1. The Morgan fingerprint density at radius 3 is 1.84 bits per heavy atom. The number of hydrogen-bond acceptors (Lipinski definition) is 7. The molecule has 192 valence electrons. The molecule has 0 atom stereocenters. The minimum absolute atomic E-state index is 0.0483. The summed E-state index contributed by atoms with van der Waals surface area (Å²) in [5.41, 5.74) is 5.17. The molecule has 0 amide bonds. The molecule has 3 aromatic carbocycles. The standard InChI is InChI=1S/C30H31N7O/c1-5-6-7-21-10-18-26(19-11-21)37-29(38)27(28(36-37)30(2,3)4)35-34-25-16-14-24(15-17-25)33-32-23-12-8-22(20-31)9-13-23/h8-19,38H,5-7H2,1-4H3. The Morgan fingerprint density at radius 2 is 1.34 bits per heavy atom. The zero-order valence-electron chi connectivity index (χ0n) is 22.1. The molecule has 0 radical (unpaired) electrons. The van der Waals surface area contributed by atoms with Crippen molar-refractivity contribution >= 4 is 22.7 Å². The fourth-order valence-corrected chi connectivity index (χ4v) is 3.77. The fraction of sp³-hybridized carbons (Fsp3) is 0.267. The molecule has 1 N–H and O–H groups in total. The third-order valence-electron chi connectivity index (χ3n) is 5.94. The highest BCUT2D eigenvalue weighted by Gasteiger charge is 2.27. The minimum atomic E-state index is -0.353. The van der Waals surface area contributed by atoms with Gasteiger partial charge in [0, 0.05) is 5.41 Å². The summed E-state index contributed by atoms with van der Waals surface area (Å²) in [5, 5.41) is 41.8. The highest BCUT2D eigenvalue weighted by molar-refractivity contribution is 5.57. The number of rotatable bonds is 8. The maximum Gasteiger partial charge on any atom is 0.243 e. The van der Waals surface area contributed by atoms with Crippen molar-refractivity contribution in [3.05, 3.63) is 89.6 Å². The Hall–Kier alpha value is -4.64. The van der Waals surface area contributed by atoms with Crippen LogP contribution in [-0.4, -0.2) is 14.9 Å². The van der Waals surface area contributed by atoms with Crippen molar-refractivity contribution in [1.82, 2.24) is 9.78 Å². The summed E-state index contributed by atoms with van der Waals surface area (Å²) in [6.07, 6.45) is 3.33. The van der Waals surface area contributed by atoms with E-state index < -0.39 is 0 Å². The molecule has 0 saturated carbocycles. The van der Waals surface area contributed by atoms with E-state index in [0.717, 1.165) is 24.9 Å². The maximum atomic E-state index is 11.1. The molecular weight excluding hydrogens is 474 g/mol. The van der Waals surface area contributed by atoms with Crippen molar-refractivity contribution in [2.24, 2.45) is 20.5 Å². The Balaban J connectivity index is 1.55. The summed E-state index contributed by atoms with van der Waals surface area (Å²) in [6.45, 7) is 8.26. The number of nitrogens with zero attached hydrogens (tertiary/aromatic N) is 7. The van der Waals surface area contributed by atoms with Crippen LogP contribution in [0.1, 0.15) is 57.4 Å². The van der Waals surface area contributed by atoms with Crippen LogP contribution in [0.15, 0.2) is 93.3 Å². The highest BCUT2D eigenvalue weighted by atomic mass is 16.3. The molecule has 0 saturated heterocycles. The molecule has 0 aliphatic heterocycles. The third-order valence-corrected chi connectivity index (χ3v) is 5.94. The number of benzene rings is 3. The first-order valence-electron chi connectivity index (χ1n) is 12.6. The molecule has 4 rings (SSSR count). The zero-order chi connectivity index (χ0) is 27.1. The monoisotopic (exact) mass is 505 g/mol. The number of aryl methyl sites for hydroxylation is 1. The second kappa shape index (κ2) is 11.6. The van der Waals surface area contributed by atoms with Crippen molar-refractivity contribution in [1.29, 1.82) is 5.26 Å². The minimum Gasteiger partial charge on any atom is -0.492 e. The van der Waals surface area contributed by atoms with Crippen LogP contribution in [-0.2, 0) is 11.8 Å². The smallest absolute Gasteiger partial charge is 0.243 e. The number of hydrogen-bond donors (Lipinski definition) is 1. The van der Waals surface area contributed by atoms with E-state index in [1.54, 1.807) is 48.5 Å². The number of nitriles is 1. The lowest BCUT2D eigenvalue weighted by Gasteiger charge is -2.15. The molecule has 4 aromatic rings. The van der Waals surface area contributed by atoms with Crippen LogP contribution in [0, 0.1) is 11.3 Å². The normalized spacial score (nSPS) is 11.9. The molecule has 0 bridgehead atoms. The van der Waals surface area contributed by atoms with Gasteiger partial charge in [0.2, 0.25) is 5.88 Å². The second-order valence-corrected chi connectivity index (χ2v) is 10.0. The van der Waals surface area contributed by atoms with Crippen LogP contribution in [0.2, 0.25) is 0 Å². The van der Waals surface area contributed by atoms with Gasteiger partial charge in [-0.1, -0.05) is 46.2 Å². The average Bonchev–Trinajstić information content (AvgIpc) is 3.27. The Kier molecular flexibility index (Phi) is 8.07. The van der Waals surface area contributed by atoms with Gasteiger partial charge < -0.3 is 5.11 Å². The van der Waals surface area contributed by atoms with Crippen molar-refractivity contribution in [3.63, 3.8) is 0 Å². The first-order valence-corrected chi connectivity index (χ1v) is 12.6.